The molecule has 0 bridgehead atoms. The second kappa shape index (κ2) is 9.33. The van der Waals surface area contributed by atoms with Gasteiger partial charge in [-0.1, -0.05) is 50.2 Å². The predicted molar refractivity (Wildman–Crippen MR) is 122 cm³/mol. The van der Waals surface area contributed by atoms with Gasteiger partial charge < -0.3 is 10.5 Å². The third-order valence-corrected chi connectivity index (χ3v) is 5.44. The summed E-state index contributed by atoms with van der Waals surface area (Å²) in [6.45, 7) is 6.33. The van der Waals surface area contributed by atoms with Crippen molar-refractivity contribution in [2.75, 3.05) is 7.11 Å². The Morgan fingerprint density at radius 3 is 2.39 bits per heavy atom. The molecule has 0 aromatic heterocycles. The largest absolute Gasteiger partial charge is 0.497 e. The number of amides is 1. The van der Waals surface area contributed by atoms with E-state index in [0.717, 1.165) is 22.4 Å². The molecule has 1 heterocycles. The number of ether oxygens (including phenoxy) is 1. The molecule has 6 heteroatoms. The Labute approximate surface area is 184 Å². The average Bonchev–Trinajstić information content (AvgIpc) is 2.91. The molecule has 1 unspecified atom stereocenters. The Balaban J connectivity index is 1.64. The molecule has 1 aliphatic rings. The van der Waals surface area contributed by atoms with Gasteiger partial charge >= 0.3 is 0 Å². The molecule has 164 valence electrons. The SMILES string of the molecule is COc1ccc(CC(=O)Cc2cccc(CN3C(=O)C(C)(CC(C)C)N=C3N)c2)cc1. The first-order chi connectivity index (χ1) is 14.7. The maximum Gasteiger partial charge on any atom is 0.257 e. The highest BCUT2D eigenvalue weighted by Crippen LogP contribution is 2.29. The van der Waals surface area contributed by atoms with Gasteiger partial charge in [0.15, 0.2) is 5.96 Å². The maximum absolute atomic E-state index is 13.0. The molecule has 0 saturated heterocycles. The number of nitrogens with two attached hydrogens (primary N) is 1. The highest BCUT2D eigenvalue weighted by Gasteiger charge is 2.43. The first-order valence-electron chi connectivity index (χ1n) is 10.6. The number of carbonyl (C=O) groups excluding carboxylic acids is 2. The van der Waals surface area contributed by atoms with E-state index in [9.17, 15) is 9.59 Å². The van der Waals surface area contributed by atoms with Crippen LogP contribution in [0.4, 0.5) is 0 Å². The summed E-state index contributed by atoms with van der Waals surface area (Å²) in [6.07, 6.45) is 1.36. The predicted octanol–water partition coefficient (Wildman–Crippen LogP) is 3.51. The molecule has 1 amide bonds. The zero-order valence-electron chi connectivity index (χ0n) is 18.7. The molecule has 0 radical (unpaired) electrons. The molecule has 6 nitrogen and oxygen atoms in total. The Hall–Kier alpha value is -3.15. The normalized spacial score (nSPS) is 18.4. The van der Waals surface area contributed by atoms with Crippen molar-refractivity contribution in [1.82, 2.24) is 4.90 Å². The molecular formula is C25H31N3O3. The van der Waals surface area contributed by atoms with Crippen LogP contribution in [-0.4, -0.2) is 35.2 Å². The summed E-state index contributed by atoms with van der Waals surface area (Å²) in [6, 6.07) is 15.3. The number of guanidine groups is 1. The topological polar surface area (TPSA) is 85.0 Å². The van der Waals surface area contributed by atoms with Gasteiger partial charge in [0.05, 0.1) is 13.7 Å². The molecule has 0 saturated carbocycles. The van der Waals surface area contributed by atoms with E-state index in [2.05, 4.69) is 18.8 Å². The first kappa shape index (κ1) is 22.5. The smallest absolute Gasteiger partial charge is 0.257 e. The van der Waals surface area contributed by atoms with Crippen LogP contribution < -0.4 is 10.5 Å². The molecule has 1 atom stereocenters. The summed E-state index contributed by atoms with van der Waals surface area (Å²) in [7, 11) is 1.62. The van der Waals surface area contributed by atoms with E-state index >= 15 is 0 Å². The van der Waals surface area contributed by atoms with Gasteiger partial charge in [0.2, 0.25) is 0 Å². The van der Waals surface area contributed by atoms with Crippen LogP contribution in [0.15, 0.2) is 53.5 Å². The lowest BCUT2D eigenvalue weighted by Crippen LogP contribution is -2.43. The average molecular weight is 422 g/mol. The third kappa shape index (κ3) is 5.51. The summed E-state index contributed by atoms with van der Waals surface area (Å²) in [5.41, 5.74) is 8.09. The van der Waals surface area contributed by atoms with Crippen LogP contribution in [0.2, 0.25) is 0 Å². The second-order valence-corrected chi connectivity index (χ2v) is 8.79. The molecule has 2 aromatic rings. The van der Waals surface area contributed by atoms with Crippen LogP contribution >= 0.6 is 0 Å². The monoisotopic (exact) mass is 421 g/mol. The van der Waals surface area contributed by atoms with Gasteiger partial charge in [-0.15, -0.1) is 0 Å². The summed E-state index contributed by atoms with van der Waals surface area (Å²) in [5, 5.41) is 0. The number of rotatable bonds is 9. The minimum atomic E-state index is -0.801. The first-order valence-corrected chi connectivity index (χ1v) is 10.6. The Morgan fingerprint density at radius 2 is 1.74 bits per heavy atom. The summed E-state index contributed by atoms with van der Waals surface area (Å²) in [4.78, 5) is 31.5. The van der Waals surface area contributed by atoms with E-state index in [4.69, 9.17) is 10.5 Å². The fraction of sp³-hybridized carbons (Fsp3) is 0.400. The van der Waals surface area contributed by atoms with Crippen molar-refractivity contribution in [3.63, 3.8) is 0 Å². The number of benzene rings is 2. The summed E-state index contributed by atoms with van der Waals surface area (Å²) >= 11 is 0. The summed E-state index contributed by atoms with van der Waals surface area (Å²) < 4.78 is 5.15. The van der Waals surface area contributed by atoms with Gasteiger partial charge in [-0.25, -0.2) is 4.99 Å². The second-order valence-electron chi connectivity index (χ2n) is 8.79. The van der Waals surface area contributed by atoms with E-state index < -0.39 is 5.54 Å². The van der Waals surface area contributed by atoms with Gasteiger partial charge in [0.1, 0.15) is 17.1 Å². The zero-order valence-corrected chi connectivity index (χ0v) is 18.7. The van der Waals surface area contributed by atoms with E-state index in [1.165, 1.54) is 0 Å². The third-order valence-electron chi connectivity index (χ3n) is 5.44. The number of methoxy groups -OCH3 is 1. The van der Waals surface area contributed by atoms with Gasteiger partial charge in [-0.2, -0.15) is 0 Å². The molecule has 3 rings (SSSR count). The van der Waals surface area contributed by atoms with Crippen molar-refractivity contribution in [2.45, 2.75) is 52.1 Å². The van der Waals surface area contributed by atoms with Gasteiger partial charge in [0.25, 0.3) is 5.91 Å². The maximum atomic E-state index is 13.0. The fourth-order valence-electron chi connectivity index (χ4n) is 4.12. The molecular weight excluding hydrogens is 390 g/mol. The van der Waals surface area contributed by atoms with Crippen molar-refractivity contribution < 1.29 is 14.3 Å². The van der Waals surface area contributed by atoms with Crippen molar-refractivity contribution >= 4 is 17.6 Å². The quantitative estimate of drug-likeness (QED) is 0.671. The molecule has 1 aliphatic heterocycles. The minimum absolute atomic E-state index is 0.0697. The number of ketones is 1. The van der Waals surface area contributed by atoms with E-state index in [1.54, 1.807) is 12.0 Å². The number of aliphatic imine (C=N–C) groups is 1. The molecule has 2 N–H and O–H groups in total. The lowest BCUT2D eigenvalue weighted by Gasteiger charge is -2.23. The van der Waals surface area contributed by atoms with Gasteiger partial charge in [-0.05, 0) is 48.1 Å². The van der Waals surface area contributed by atoms with Crippen LogP contribution in [0.5, 0.6) is 5.75 Å². The standard InChI is InChI=1S/C25H31N3O3/c1-17(2)15-25(3)23(30)28(24(26)27-25)16-20-7-5-6-19(12-20)14-21(29)13-18-8-10-22(31-4)11-9-18/h5-12,17H,13-16H2,1-4H3,(H2,26,27). The number of carbonyl (C=O) groups is 2. The van der Waals surface area contributed by atoms with Gasteiger partial charge in [-0.3, -0.25) is 14.5 Å². The van der Waals surface area contributed by atoms with Crippen LogP contribution in [0.25, 0.3) is 0 Å². The number of hydrogen-bond acceptors (Lipinski definition) is 5. The van der Waals surface area contributed by atoms with E-state index in [0.29, 0.717) is 31.7 Å². The lowest BCUT2D eigenvalue weighted by molar-refractivity contribution is -0.131. The molecule has 0 aliphatic carbocycles. The van der Waals surface area contributed by atoms with Crippen LogP contribution in [-0.2, 0) is 29.0 Å². The van der Waals surface area contributed by atoms with E-state index in [-0.39, 0.29) is 17.6 Å². The van der Waals surface area contributed by atoms with Crippen molar-refractivity contribution in [1.29, 1.82) is 0 Å². The van der Waals surface area contributed by atoms with Crippen LogP contribution in [0.3, 0.4) is 0 Å². The van der Waals surface area contributed by atoms with Crippen molar-refractivity contribution in [3.05, 3.63) is 65.2 Å². The van der Waals surface area contributed by atoms with Crippen molar-refractivity contribution in [2.24, 2.45) is 16.6 Å². The Morgan fingerprint density at radius 1 is 1.10 bits per heavy atom. The zero-order chi connectivity index (χ0) is 22.6. The van der Waals surface area contributed by atoms with E-state index in [1.807, 2.05) is 55.5 Å². The highest BCUT2D eigenvalue weighted by atomic mass is 16.5. The highest BCUT2D eigenvalue weighted by molar-refractivity contribution is 6.06. The number of Topliss-reactive ketones (excluding diaryl/α,β-unsaturated/α-hetero) is 1. The summed E-state index contributed by atoms with van der Waals surface area (Å²) in [5.74, 6) is 1.43. The minimum Gasteiger partial charge on any atom is -0.497 e. The van der Waals surface area contributed by atoms with Crippen LogP contribution in [0.1, 0.15) is 43.9 Å². The number of hydrogen-bond donors (Lipinski definition) is 1. The molecule has 31 heavy (non-hydrogen) atoms. The Kier molecular flexibility index (Phi) is 6.78. The number of nitrogens with zero attached hydrogens (tertiary/aromatic N) is 2. The fourth-order valence-corrected chi connectivity index (χ4v) is 4.12. The molecule has 0 fully saturated rings. The van der Waals surface area contributed by atoms with Gasteiger partial charge in [0, 0.05) is 12.8 Å². The lowest BCUT2D eigenvalue weighted by atomic mass is 9.91. The van der Waals surface area contributed by atoms with Crippen molar-refractivity contribution in [3.8, 4) is 5.75 Å². The van der Waals surface area contributed by atoms with Crippen LogP contribution in [0, 0.1) is 5.92 Å². The Bertz CT molecular complexity index is 982. The molecule has 2 aromatic carbocycles. The molecule has 0 spiro atoms.